The van der Waals surface area contributed by atoms with E-state index in [1.165, 1.54) is 23.2 Å². The van der Waals surface area contributed by atoms with E-state index in [-0.39, 0.29) is 0 Å². The van der Waals surface area contributed by atoms with Crippen molar-refractivity contribution < 1.29 is 0 Å². The lowest BCUT2D eigenvalue weighted by Crippen LogP contribution is -2.10. The second-order valence-corrected chi connectivity index (χ2v) is 4.92. The summed E-state index contributed by atoms with van der Waals surface area (Å²) >= 11 is 0. The Morgan fingerprint density at radius 1 is 1.31 bits per heavy atom. The minimum absolute atomic E-state index is 0.765. The Morgan fingerprint density at radius 2 is 2.00 bits per heavy atom. The van der Waals surface area contributed by atoms with Gasteiger partial charge in [0.05, 0.1) is 0 Å². The van der Waals surface area contributed by atoms with E-state index in [0.29, 0.717) is 0 Å². The third-order valence-corrected chi connectivity index (χ3v) is 2.80. The molecule has 0 fully saturated rings. The summed E-state index contributed by atoms with van der Waals surface area (Å²) in [5, 5.41) is 0. The van der Waals surface area contributed by atoms with Crippen molar-refractivity contribution in [3.05, 3.63) is 35.9 Å². The summed E-state index contributed by atoms with van der Waals surface area (Å²) in [6, 6.07) is 6.67. The van der Waals surface area contributed by atoms with Crippen LogP contribution in [-0.4, -0.2) is 14.1 Å². The molecule has 0 bridgehead atoms. The predicted octanol–water partition coefficient (Wildman–Crippen LogP) is 3.98. The van der Waals surface area contributed by atoms with Gasteiger partial charge in [-0.2, -0.15) is 0 Å². The van der Waals surface area contributed by atoms with Crippen LogP contribution in [0.2, 0.25) is 0 Å². The van der Waals surface area contributed by atoms with Gasteiger partial charge in [0.15, 0.2) is 0 Å². The van der Waals surface area contributed by atoms with Gasteiger partial charge in [0, 0.05) is 19.8 Å². The highest BCUT2D eigenvalue weighted by atomic mass is 15.1. The van der Waals surface area contributed by atoms with E-state index in [0.717, 1.165) is 12.3 Å². The second kappa shape index (κ2) is 5.74. The van der Waals surface area contributed by atoms with Crippen molar-refractivity contribution in [1.82, 2.24) is 0 Å². The lowest BCUT2D eigenvalue weighted by molar-refractivity contribution is 0.586. The maximum absolute atomic E-state index is 3.88. The standard InChI is InChI=1S/C15H23N/c1-6-14-11-13(8-7-12(2)3)9-10-15(14)16(4)5/h6,9-12H,1,7-8H2,2-5H3. The molecular formula is C15H23N. The Morgan fingerprint density at radius 3 is 2.50 bits per heavy atom. The van der Waals surface area contributed by atoms with Gasteiger partial charge in [-0.1, -0.05) is 32.6 Å². The molecule has 1 rings (SSSR count). The zero-order chi connectivity index (χ0) is 12.1. The lowest BCUT2D eigenvalue weighted by Gasteiger charge is -2.17. The number of nitrogens with zero attached hydrogens (tertiary/aromatic N) is 1. The molecule has 0 radical (unpaired) electrons. The van der Waals surface area contributed by atoms with Crippen LogP contribution in [0.15, 0.2) is 24.8 Å². The molecule has 0 aliphatic carbocycles. The minimum Gasteiger partial charge on any atom is -0.377 e. The highest BCUT2D eigenvalue weighted by Crippen LogP contribution is 2.22. The van der Waals surface area contributed by atoms with Gasteiger partial charge >= 0.3 is 0 Å². The highest BCUT2D eigenvalue weighted by molar-refractivity contribution is 5.67. The van der Waals surface area contributed by atoms with Crippen LogP contribution in [0.3, 0.4) is 0 Å². The summed E-state index contributed by atoms with van der Waals surface area (Å²) in [5.74, 6) is 0.765. The normalized spacial score (nSPS) is 10.6. The van der Waals surface area contributed by atoms with Crippen LogP contribution in [0.5, 0.6) is 0 Å². The SMILES string of the molecule is C=Cc1cc(CCC(C)C)ccc1N(C)C. The zero-order valence-electron chi connectivity index (χ0n) is 11.0. The van der Waals surface area contributed by atoms with Crippen LogP contribution in [0, 0.1) is 5.92 Å². The maximum atomic E-state index is 3.88. The van der Waals surface area contributed by atoms with Gasteiger partial charge in [0.1, 0.15) is 0 Å². The first-order chi connectivity index (χ1) is 7.54. The molecule has 1 aromatic rings. The summed E-state index contributed by atoms with van der Waals surface area (Å²) in [4.78, 5) is 2.13. The van der Waals surface area contributed by atoms with Crippen LogP contribution >= 0.6 is 0 Å². The van der Waals surface area contributed by atoms with E-state index in [2.05, 4.69) is 57.6 Å². The molecule has 1 heteroatoms. The summed E-state index contributed by atoms with van der Waals surface area (Å²) in [7, 11) is 4.13. The van der Waals surface area contributed by atoms with Gasteiger partial charge in [-0.05, 0) is 42.0 Å². The lowest BCUT2D eigenvalue weighted by atomic mass is 10.00. The molecule has 88 valence electrons. The van der Waals surface area contributed by atoms with Gasteiger partial charge in [-0.15, -0.1) is 0 Å². The fourth-order valence-electron chi connectivity index (χ4n) is 1.79. The van der Waals surface area contributed by atoms with Gasteiger partial charge in [-0.25, -0.2) is 0 Å². The van der Waals surface area contributed by atoms with Gasteiger partial charge in [0.2, 0.25) is 0 Å². The maximum Gasteiger partial charge on any atom is 0.0434 e. The van der Waals surface area contributed by atoms with E-state index in [1.54, 1.807) is 0 Å². The number of benzene rings is 1. The Kier molecular flexibility index (Phi) is 4.60. The minimum atomic E-state index is 0.765. The van der Waals surface area contributed by atoms with E-state index >= 15 is 0 Å². The third kappa shape index (κ3) is 3.41. The van der Waals surface area contributed by atoms with Crippen molar-refractivity contribution in [1.29, 1.82) is 0 Å². The molecule has 1 nitrogen and oxygen atoms in total. The van der Waals surface area contributed by atoms with Crippen LogP contribution < -0.4 is 4.90 Å². The highest BCUT2D eigenvalue weighted by Gasteiger charge is 2.03. The fraction of sp³-hybridized carbons (Fsp3) is 0.467. The van der Waals surface area contributed by atoms with Crippen molar-refractivity contribution in [2.75, 3.05) is 19.0 Å². The number of hydrogen-bond donors (Lipinski definition) is 0. The molecule has 16 heavy (non-hydrogen) atoms. The first kappa shape index (κ1) is 12.8. The first-order valence-corrected chi connectivity index (χ1v) is 5.97. The predicted molar refractivity (Wildman–Crippen MR) is 74.0 cm³/mol. The van der Waals surface area contributed by atoms with E-state index < -0.39 is 0 Å². The van der Waals surface area contributed by atoms with Crippen molar-refractivity contribution in [2.24, 2.45) is 5.92 Å². The van der Waals surface area contributed by atoms with Crippen molar-refractivity contribution >= 4 is 11.8 Å². The van der Waals surface area contributed by atoms with Gasteiger partial charge < -0.3 is 4.90 Å². The molecule has 0 aliphatic heterocycles. The Labute approximate surface area is 99.8 Å². The molecule has 0 N–H and O–H groups in total. The molecular weight excluding hydrogens is 194 g/mol. The molecule has 0 saturated heterocycles. The van der Waals surface area contributed by atoms with E-state index in [4.69, 9.17) is 0 Å². The number of aryl methyl sites for hydroxylation is 1. The molecule has 0 amide bonds. The summed E-state index contributed by atoms with van der Waals surface area (Å²) in [6.07, 6.45) is 4.35. The van der Waals surface area contributed by atoms with E-state index in [1.807, 2.05) is 6.08 Å². The Hall–Kier alpha value is -1.24. The van der Waals surface area contributed by atoms with Crippen LogP contribution in [0.25, 0.3) is 6.08 Å². The summed E-state index contributed by atoms with van der Waals surface area (Å²) < 4.78 is 0. The third-order valence-electron chi connectivity index (χ3n) is 2.80. The zero-order valence-corrected chi connectivity index (χ0v) is 11.0. The Bertz CT molecular complexity index is 350. The quantitative estimate of drug-likeness (QED) is 0.721. The van der Waals surface area contributed by atoms with Crippen molar-refractivity contribution in [2.45, 2.75) is 26.7 Å². The molecule has 0 saturated carbocycles. The number of rotatable bonds is 5. The number of anilines is 1. The largest absolute Gasteiger partial charge is 0.377 e. The average molecular weight is 217 g/mol. The monoisotopic (exact) mass is 217 g/mol. The molecule has 0 unspecified atom stereocenters. The first-order valence-electron chi connectivity index (χ1n) is 5.97. The molecule has 0 aliphatic rings. The average Bonchev–Trinajstić information content (AvgIpc) is 2.25. The smallest absolute Gasteiger partial charge is 0.0434 e. The molecule has 1 aromatic carbocycles. The molecule has 0 aromatic heterocycles. The van der Waals surface area contributed by atoms with Crippen molar-refractivity contribution in [3.63, 3.8) is 0 Å². The molecule has 0 atom stereocenters. The molecule has 0 spiro atoms. The van der Waals surface area contributed by atoms with Crippen molar-refractivity contribution in [3.8, 4) is 0 Å². The number of hydrogen-bond acceptors (Lipinski definition) is 1. The van der Waals surface area contributed by atoms with Crippen LogP contribution in [-0.2, 0) is 6.42 Å². The summed E-state index contributed by atoms with van der Waals surface area (Å²) in [6.45, 7) is 8.42. The fourth-order valence-corrected chi connectivity index (χ4v) is 1.79. The Balaban J connectivity index is 2.86. The van der Waals surface area contributed by atoms with Gasteiger partial charge in [0.25, 0.3) is 0 Å². The summed E-state index contributed by atoms with van der Waals surface area (Å²) in [5.41, 5.74) is 3.88. The van der Waals surface area contributed by atoms with E-state index in [9.17, 15) is 0 Å². The molecule has 0 heterocycles. The van der Waals surface area contributed by atoms with Crippen LogP contribution in [0.4, 0.5) is 5.69 Å². The topological polar surface area (TPSA) is 3.24 Å². The van der Waals surface area contributed by atoms with Gasteiger partial charge in [-0.3, -0.25) is 0 Å². The second-order valence-electron chi connectivity index (χ2n) is 4.92. The van der Waals surface area contributed by atoms with Crippen LogP contribution in [0.1, 0.15) is 31.4 Å².